The second-order valence-electron chi connectivity index (χ2n) is 2.93. The molecule has 0 aliphatic rings. The summed E-state index contributed by atoms with van der Waals surface area (Å²) < 4.78 is 18.3. The Morgan fingerprint density at radius 2 is 2.21 bits per heavy atom. The van der Waals surface area contributed by atoms with Gasteiger partial charge in [-0.05, 0) is 28.9 Å². The predicted octanol–water partition coefficient (Wildman–Crippen LogP) is 2.32. The Kier molecular flexibility index (Phi) is 3.34. The molecule has 0 bridgehead atoms. The lowest BCUT2D eigenvalue weighted by atomic mass is 10.1. The first-order chi connectivity index (χ1) is 6.49. The lowest BCUT2D eigenvalue weighted by molar-refractivity contribution is 0.346. The van der Waals surface area contributed by atoms with Crippen LogP contribution in [0, 0.1) is 5.82 Å². The highest BCUT2D eigenvalue weighted by molar-refractivity contribution is 9.10. The summed E-state index contributed by atoms with van der Waals surface area (Å²) in [5, 5.41) is 9.60. The number of hydrogen-bond acceptors (Lipinski definition) is 3. The van der Waals surface area contributed by atoms with Crippen molar-refractivity contribution < 1.29 is 14.2 Å². The van der Waals surface area contributed by atoms with Gasteiger partial charge in [0.25, 0.3) is 0 Å². The van der Waals surface area contributed by atoms with Crippen molar-refractivity contribution in [2.45, 2.75) is 13.0 Å². The lowest BCUT2D eigenvalue weighted by Gasteiger charge is -2.13. The number of ether oxygens (including phenoxy) is 1. The molecular weight excluding hydrogens is 253 g/mol. The quantitative estimate of drug-likeness (QED) is 0.861. The Labute approximate surface area is 89.8 Å². The van der Waals surface area contributed by atoms with E-state index in [1.807, 2.05) is 0 Å². The molecule has 3 N–H and O–H groups in total. The van der Waals surface area contributed by atoms with Gasteiger partial charge in [-0.1, -0.05) is 0 Å². The molecule has 3 nitrogen and oxygen atoms in total. The van der Waals surface area contributed by atoms with Crippen molar-refractivity contribution in [3.05, 3.63) is 21.9 Å². The van der Waals surface area contributed by atoms with E-state index in [0.29, 0.717) is 5.56 Å². The molecule has 0 heterocycles. The van der Waals surface area contributed by atoms with E-state index < -0.39 is 5.82 Å². The summed E-state index contributed by atoms with van der Waals surface area (Å²) in [4.78, 5) is 0. The largest absolute Gasteiger partial charge is 0.504 e. The van der Waals surface area contributed by atoms with Crippen LogP contribution in [0.1, 0.15) is 18.5 Å². The van der Waals surface area contributed by atoms with E-state index in [9.17, 15) is 9.50 Å². The Hall–Kier alpha value is -0.810. The van der Waals surface area contributed by atoms with Crippen molar-refractivity contribution in [1.29, 1.82) is 0 Å². The summed E-state index contributed by atoms with van der Waals surface area (Å²) >= 11 is 3.02. The number of methoxy groups -OCH3 is 1. The normalized spacial score (nSPS) is 12.6. The second-order valence-corrected chi connectivity index (χ2v) is 3.79. The Morgan fingerprint density at radius 1 is 1.64 bits per heavy atom. The van der Waals surface area contributed by atoms with Crippen molar-refractivity contribution in [2.75, 3.05) is 7.11 Å². The average molecular weight is 264 g/mol. The van der Waals surface area contributed by atoms with Gasteiger partial charge in [0.1, 0.15) is 0 Å². The SMILES string of the molecule is COc1c(O)c(C(C)N)cc(Br)c1F. The molecule has 0 radical (unpaired) electrons. The number of benzene rings is 1. The van der Waals surface area contributed by atoms with Gasteiger partial charge in [-0.2, -0.15) is 0 Å². The van der Waals surface area contributed by atoms with E-state index in [2.05, 4.69) is 15.9 Å². The maximum atomic E-state index is 13.3. The first-order valence-electron chi connectivity index (χ1n) is 3.99. The zero-order valence-electron chi connectivity index (χ0n) is 7.84. The smallest absolute Gasteiger partial charge is 0.198 e. The van der Waals surface area contributed by atoms with Gasteiger partial charge in [0, 0.05) is 11.6 Å². The van der Waals surface area contributed by atoms with Crippen LogP contribution < -0.4 is 10.5 Å². The summed E-state index contributed by atoms with van der Waals surface area (Å²) in [7, 11) is 1.29. The number of hydrogen-bond donors (Lipinski definition) is 2. The van der Waals surface area contributed by atoms with Crippen LogP contribution in [-0.2, 0) is 0 Å². The third kappa shape index (κ3) is 1.83. The molecule has 1 aromatic carbocycles. The second kappa shape index (κ2) is 4.14. The van der Waals surface area contributed by atoms with Gasteiger partial charge in [-0.3, -0.25) is 0 Å². The Morgan fingerprint density at radius 3 is 2.64 bits per heavy atom. The summed E-state index contributed by atoms with van der Waals surface area (Å²) in [5.41, 5.74) is 6.04. The lowest BCUT2D eigenvalue weighted by Crippen LogP contribution is -2.06. The van der Waals surface area contributed by atoms with Gasteiger partial charge in [-0.15, -0.1) is 0 Å². The van der Waals surface area contributed by atoms with Crippen molar-refractivity contribution in [3.63, 3.8) is 0 Å². The van der Waals surface area contributed by atoms with E-state index in [1.165, 1.54) is 13.2 Å². The zero-order chi connectivity index (χ0) is 10.9. The molecule has 0 aliphatic carbocycles. The minimum absolute atomic E-state index is 0.188. The van der Waals surface area contributed by atoms with Crippen LogP contribution in [0.4, 0.5) is 4.39 Å². The highest BCUT2D eigenvalue weighted by Crippen LogP contribution is 2.39. The van der Waals surface area contributed by atoms with Crippen LogP contribution in [0.25, 0.3) is 0 Å². The monoisotopic (exact) mass is 263 g/mol. The fourth-order valence-electron chi connectivity index (χ4n) is 1.15. The van der Waals surface area contributed by atoms with Gasteiger partial charge in [0.2, 0.25) is 0 Å². The van der Waals surface area contributed by atoms with E-state index in [0.717, 1.165) is 0 Å². The summed E-state index contributed by atoms with van der Waals surface area (Å²) in [5.74, 6) is -1.07. The fourth-order valence-corrected chi connectivity index (χ4v) is 1.57. The van der Waals surface area contributed by atoms with Crippen molar-refractivity contribution in [1.82, 2.24) is 0 Å². The number of nitrogens with two attached hydrogens (primary N) is 1. The number of phenolic OH excluding ortho intramolecular Hbond substituents is 1. The molecule has 0 saturated carbocycles. The van der Waals surface area contributed by atoms with Crippen molar-refractivity contribution in [3.8, 4) is 11.5 Å². The molecule has 1 unspecified atom stereocenters. The summed E-state index contributed by atoms with van der Waals surface area (Å²) in [6, 6.07) is 1.05. The van der Waals surface area contributed by atoms with Gasteiger partial charge in [0.05, 0.1) is 11.6 Å². The topological polar surface area (TPSA) is 55.5 Å². The van der Waals surface area contributed by atoms with E-state index in [-0.39, 0.29) is 22.0 Å². The minimum atomic E-state index is -0.630. The predicted molar refractivity (Wildman–Crippen MR) is 54.9 cm³/mol. The van der Waals surface area contributed by atoms with Gasteiger partial charge in [-0.25, -0.2) is 4.39 Å². The number of rotatable bonds is 2. The third-order valence-corrected chi connectivity index (χ3v) is 2.45. The van der Waals surface area contributed by atoms with Crippen LogP contribution in [-0.4, -0.2) is 12.2 Å². The Balaban J connectivity index is 3.42. The van der Waals surface area contributed by atoms with Crippen LogP contribution in [0.15, 0.2) is 10.5 Å². The molecule has 1 aromatic rings. The Bertz CT molecular complexity index is 355. The molecule has 0 spiro atoms. The van der Waals surface area contributed by atoms with E-state index in [1.54, 1.807) is 6.92 Å². The first kappa shape index (κ1) is 11.3. The molecule has 1 atom stereocenters. The van der Waals surface area contributed by atoms with Crippen LogP contribution in [0.5, 0.6) is 11.5 Å². The fraction of sp³-hybridized carbons (Fsp3) is 0.333. The maximum absolute atomic E-state index is 13.3. The molecule has 0 saturated heterocycles. The number of halogens is 2. The van der Waals surface area contributed by atoms with Gasteiger partial charge < -0.3 is 15.6 Å². The first-order valence-corrected chi connectivity index (χ1v) is 4.78. The van der Waals surface area contributed by atoms with Crippen LogP contribution >= 0.6 is 15.9 Å². The molecular formula is C9H11BrFNO2. The molecule has 5 heteroatoms. The highest BCUT2D eigenvalue weighted by Gasteiger charge is 2.18. The van der Waals surface area contributed by atoms with Crippen LogP contribution in [0.2, 0.25) is 0 Å². The van der Waals surface area contributed by atoms with Crippen LogP contribution in [0.3, 0.4) is 0 Å². The third-order valence-electron chi connectivity index (χ3n) is 1.87. The molecule has 0 aromatic heterocycles. The van der Waals surface area contributed by atoms with Gasteiger partial charge in [0.15, 0.2) is 17.3 Å². The highest BCUT2D eigenvalue weighted by atomic mass is 79.9. The molecule has 0 aliphatic heterocycles. The van der Waals surface area contributed by atoms with E-state index in [4.69, 9.17) is 10.5 Å². The van der Waals surface area contributed by atoms with Gasteiger partial charge >= 0.3 is 0 Å². The summed E-state index contributed by atoms with van der Waals surface area (Å²) in [6.07, 6.45) is 0. The zero-order valence-corrected chi connectivity index (χ0v) is 9.43. The molecule has 0 fully saturated rings. The number of phenols is 1. The molecule has 1 rings (SSSR count). The number of aromatic hydroxyl groups is 1. The van der Waals surface area contributed by atoms with Crippen molar-refractivity contribution in [2.24, 2.45) is 5.73 Å². The van der Waals surface area contributed by atoms with E-state index >= 15 is 0 Å². The van der Waals surface area contributed by atoms with Crippen molar-refractivity contribution >= 4 is 15.9 Å². The molecule has 78 valence electrons. The summed E-state index contributed by atoms with van der Waals surface area (Å²) in [6.45, 7) is 1.69. The average Bonchev–Trinajstić information content (AvgIpc) is 2.12. The molecule has 14 heavy (non-hydrogen) atoms. The minimum Gasteiger partial charge on any atom is -0.504 e. The standard InChI is InChI=1S/C9H11BrFNO2/c1-4(12)5-3-6(10)7(11)9(14-2)8(5)13/h3-4,13H,12H2,1-2H3. The maximum Gasteiger partial charge on any atom is 0.198 e. The molecule has 0 amide bonds.